The lowest BCUT2D eigenvalue weighted by Gasteiger charge is -2.23. The molecule has 116 valence electrons. The third kappa shape index (κ3) is 4.74. The summed E-state index contributed by atoms with van der Waals surface area (Å²) in [6.45, 7) is 6.04. The molecule has 1 fully saturated rings. The van der Waals surface area contributed by atoms with Gasteiger partial charge < -0.3 is 14.8 Å². The van der Waals surface area contributed by atoms with Crippen LogP contribution in [0.15, 0.2) is 24.3 Å². The predicted octanol–water partition coefficient (Wildman–Crippen LogP) is 2.70. The van der Waals surface area contributed by atoms with E-state index in [1.165, 1.54) is 0 Å². The Morgan fingerprint density at radius 1 is 1.38 bits per heavy atom. The third-order valence-corrected chi connectivity index (χ3v) is 3.94. The molecule has 1 saturated heterocycles. The number of rotatable bonds is 6. The number of carbonyl (C=O) groups is 1. The highest BCUT2D eigenvalue weighted by atomic mass is 16.5. The fourth-order valence-electron chi connectivity index (χ4n) is 2.46. The first kappa shape index (κ1) is 15.8. The summed E-state index contributed by atoms with van der Waals surface area (Å²) in [4.78, 5) is 12.1. The molecule has 0 aromatic heterocycles. The van der Waals surface area contributed by atoms with Crippen LogP contribution in [0.25, 0.3) is 0 Å². The second kappa shape index (κ2) is 8.03. The van der Waals surface area contributed by atoms with E-state index in [9.17, 15) is 4.79 Å². The number of nitrogens with one attached hydrogen (secondary N) is 1. The van der Waals surface area contributed by atoms with E-state index >= 15 is 0 Å². The fourth-order valence-corrected chi connectivity index (χ4v) is 2.46. The third-order valence-electron chi connectivity index (χ3n) is 3.94. The molecule has 1 heterocycles. The van der Waals surface area contributed by atoms with Crippen LogP contribution in [0.5, 0.6) is 5.75 Å². The van der Waals surface area contributed by atoms with E-state index in [-0.39, 0.29) is 17.9 Å². The Bertz CT molecular complexity index is 455. The molecule has 0 unspecified atom stereocenters. The standard InChI is InChI=1S/C17H25NO3/c1-3-15(21-16-7-5-4-6-13(16)2)12-18-17(19)14-8-10-20-11-9-14/h4-7,14-15H,3,8-12H2,1-2H3,(H,18,19)/t15-/m0/s1. The zero-order valence-corrected chi connectivity index (χ0v) is 12.9. The molecule has 1 atom stereocenters. The maximum atomic E-state index is 12.1. The van der Waals surface area contributed by atoms with Crippen LogP contribution in [0.2, 0.25) is 0 Å². The molecule has 0 radical (unpaired) electrons. The van der Waals surface area contributed by atoms with Crippen LogP contribution in [-0.4, -0.2) is 31.8 Å². The monoisotopic (exact) mass is 291 g/mol. The van der Waals surface area contributed by atoms with E-state index in [1.54, 1.807) is 0 Å². The maximum absolute atomic E-state index is 12.1. The minimum absolute atomic E-state index is 0.00916. The minimum atomic E-state index is 0.00916. The lowest BCUT2D eigenvalue weighted by Crippen LogP contribution is -2.40. The predicted molar refractivity (Wildman–Crippen MR) is 82.4 cm³/mol. The average Bonchev–Trinajstić information content (AvgIpc) is 2.53. The zero-order chi connectivity index (χ0) is 15.1. The number of hydrogen-bond donors (Lipinski definition) is 1. The van der Waals surface area contributed by atoms with Crippen LogP contribution in [0.4, 0.5) is 0 Å². The second-order valence-electron chi connectivity index (χ2n) is 5.55. The van der Waals surface area contributed by atoms with Crippen LogP contribution < -0.4 is 10.1 Å². The van der Waals surface area contributed by atoms with E-state index in [0.29, 0.717) is 19.8 Å². The maximum Gasteiger partial charge on any atom is 0.223 e. The Morgan fingerprint density at radius 2 is 2.10 bits per heavy atom. The van der Waals surface area contributed by atoms with Crippen molar-refractivity contribution in [3.63, 3.8) is 0 Å². The van der Waals surface area contributed by atoms with E-state index in [1.807, 2.05) is 31.2 Å². The summed E-state index contributed by atoms with van der Waals surface area (Å²) in [7, 11) is 0. The molecule has 0 bridgehead atoms. The molecule has 1 aromatic rings. The van der Waals surface area contributed by atoms with Gasteiger partial charge in [-0.3, -0.25) is 4.79 Å². The summed E-state index contributed by atoms with van der Waals surface area (Å²) in [5.74, 6) is 1.12. The van der Waals surface area contributed by atoms with Crippen LogP contribution >= 0.6 is 0 Å². The highest BCUT2D eigenvalue weighted by Gasteiger charge is 2.22. The van der Waals surface area contributed by atoms with Crippen LogP contribution in [0.3, 0.4) is 0 Å². The largest absolute Gasteiger partial charge is 0.488 e. The molecule has 0 aliphatic carbocycles. The van der Waals surface area contributed by atoms with Gasteiger partial charge in [-0.15, -0.1) is 0 Å². The summed E-state index contributed by atoms with van der Waals surface area (Å²) < 4.78 is 11.3. The van der Waals surface area contributed by atoms with Gasteiger partial charge in [-0.2, -0.15) is 0 Å². The van der Waals surface area contributed by atoms with E-state index in [4.69, 9.17) is 9.47 Å². The highest BCUT2D eigenvalue weighted by molar-refractivity contribution is 5.78. The van der Waals surface area contributed by atoms with Gasteiger partial charge in [0.2, 0.25) is 5.91 Å². The summed E-state index contributed by atoms with van der Waals surface area (Å²) in [6.07, 6.45) is 2.51. The van der Waals surface area contributed by atoms with Crippen molar-refractivity contribution in [2.24, 2.45) is 5.92 Å². The Balaban J connectivity index is 1.82. The topological polar surface area (TPSA) is 47.6 Å². The highest BCUT2D eigenvalue weighted by Crippen LogP contribution is 2.19. The van der Waals surface area contributed by atoms with Gasteiger partial charge in [0, 0.05) is 19.1 Å². The first-order chi connectivity index (χ1) is 10.2. The molecule has 1 amide bonds. The van der Waals surface area contributed by atoms with Crippen molar-refractivity contribution in [3.05, 3.63) is 29.8 Å². The van der Waals surface area contributed by atoms with Crippen molar-refractivity contribution in [1.29, 1.82) is 0 Å². The summed E-state index contributed by atoms with van der Waals surface area (Å²) in [5.41, 5.74) is 1.12. The quantitative estimate of drug-likeness (QED) is 0.876. The molecule has 1 aliphatic rings. The number of aryl methyl sites for hydroxylation is 1. The zero-order valence-electron chi connectivity index (χ0n) is 12.9. The number of ether oxygens (including phenoxy) is 2. The lowest BCUT2D eigenvalue weighted by molar-refractivity contribution is -0.128. The van der Waals surface area contributed by atoms with Crippen LogP contribution in [0, 0.1) is 12.8 Å². The van der Waals surface area contributed by atoms with Gasteiger partial charge in [0.05, 0.1) is 6.54 Å². The first-order valence-electron chi connectivity index (χ1n) is 7.78. The molecule has 1 aliphatic heterocycles. The molecular weight excluding hydrogens is 266 g/mol. The normalized spacial score (nSPS) is 17.2. The molecule has 1 N–H and O–H groups in total. The molecule has 0 saturated carbocycles. The van der Waals surface area contributed by atoms with Crippen LogP contribution in [0.1, 0.15) is 31.7 Å². The molecular formula is C17H25NO3. The van der Waals surface area contributed by atoms with Crippen molar-refractivity contribution >= 4 is 5.91 Å². The van der Waals surface area contributed by atoms with E-state index in [0.717, 1.165) is 30.6 Å². The SMILES string of the molecule is CC[C@@H](CNC(=O)C1CCOCC1)Oc1ccccc1C. The van der Waals surface area contributed by atoms with Crippen molar-refractivity contribution < 1.29 is 14.3 Å². The van der Waals surface area contributed by atoms with Gasteiger partial charge in [0.25, 0.3) is 0 Å². The average molecular weight is 291 g/mol. The number of para-hydroxylation sites is 1. The van der Waals surface area contributed by atoms with Gasteiger partial charge in [0.1, 0.15) is 11.9 Å². The Morgan fingerprint density at radius 3 is 2.76 bits per heavy atom. The summed E-state index contributed by atoms with van der Waals surface area (Å²) >= 11 is 0. The Kier molecular flexibility index (Phi) is 6.05. The molecule has 0 spiro atoms. The minimum Gasteiger partial charge on any atom is -0.488 e. The lowest BCUT2D eigenvalue weighted by atomic mass is 9.99. The first-order valence-corrected chi connectivity index (χ1v) is 7.78. The van der Waals surface area contributed by atoms with Gasteiger partial charge in [0.15, 0.2) is 0 Å². The molecule has 4 heteroatoms. The van der Waals surface area contributed by atoms with Crippen molar-refractivity contribution in [2.75, 3.05) is 19.8 Å². The van der Waals surface area contributed by atoms with Crippen LogP contribution in [-0.2, 0) is 9.53 Å². The number of benzene rings is 1. The molecule has 1 aromatic carbocycles. The van der Waals surface area contributed by atoms with Gasteiger partial charge in [-0.05, 0) is 37.8 Å². The van der Waals surface area contributed by atoms with Crippen molar-refractivity contribution in [1.82, 2.24) is 5.32 Å². The van der Waals surface area contributed by atoms with Crippen molar-refractivity contribution in [3.8, 4) is 5.75 Å². The van der Waals surface area contributed by atoms with E-state index < -0.39 is 0 Å². The number of amides is 1. The van der Waals surface area contributed by atoms with Gasteiger partial charge >= 0.3 is 0 Å². The van der Waals surface area contributed by atoms with Gasteiger partial charge in [-0.25, -0.2) is 0 Å². The molecule has 2 rings (SSSR count). The van der Waals surface area contributed by atoms with Gasteiger partial charge in [-0.1, -0.05) is 25.1 Å². The smallest absolute Gasteiger partial charge is 0.223 e. The number of carbonyl (C=O) groups excluding carboxylic acids is 1. The Hall–Kier alpha value is -1.55. The fraction of sp³-hybridized carbons (Fsp3) is 0.588. The Labute approximate surface area is 126 Å². The molecule has 4 nitrogen and oxygen atoms in total. The second-order valence-corrected chi connectivity index (χ2v) is 5.55. The summed E-state index contributed by atoms with van der Waals surface area (Å²) in [6, 6.07) is 7.96. The summed E-state index contributed by atoms with van der Waals surface area (Å²) in [5, 5.41) is 3.02. The van der Waals surface area contributed by atoms with Crippen molar-refractivity contribution in [2.45, 2.75) is 39.2 Å². The number of hydrogen-bond acceptors (Lipinski definition) is 3. The molecule has 21 heavy (non-hydrogen) atoms. The van der Waals surface area contributed by atoms with E-state index in [2.05, 4.69) is 12.2 Å².